The first kappa shape index (κ1) is 32.5. The summed E-state index contributed by atoms with van der Waals surface area (Å²) in [7, 11) is 0. The van der Waals surface area contributed by atoms with Gasteiger partial charge in [-0.2, -0.15) is 0 Å². The highest BCUT2D eigenvalue weighted by Gasteiger charge is 2.14. The Morgan fingerprint density at radius 3 is 2.00 bits per heavy atom. The van der Waals surface area contributed by atoms with Gasteiger partial charge in [-0.1, -0.05) is 99.5 Å². The third-order valence-corrected chi connectivity index (χ3v) is 6.42. The number of hydrogen-bond donors (Lipinski definition) is 3. The van der Waals surface area contributed by atoms with Gasteiger partial charge in [0, 0.05) is 18.7 Å². The van der Waals surface area contributed by atoms with Crippen molar-refractivity contribution < 1.29 is 19.7 Å². The first-order chi connectivity index (χ1) is 19.5. The highest BCUT2D eigenvalue weighted by atomic mass is 16.6. The smallest absolute Gasteiger partial charge is 0.251 e. The molecule has 0 spiro atoms. The Balaban J connectivity index is 0.000000425. The van der Waals surface area contributed by atoms with E-state index in [2.05, 4.69) is 54.2 Å². The van der Waals surface area contributed by atoms with E-state index in [1.54, 1.807) is 12.1 Å². The summed E-state index contributed by atoms with van der Waals surface area (Å²) in [6, 6.07) is 32.1. The molecule has 5 heteroatoms. The highest BCUT2D eigenvalue weighted by Crippen LogP contribution is 2.29. The molecule has 214 valence electrons. The summed E-state index contributed by atoms with van der Waals surface area (Å²) in [6.45, 7) is 7.25. The SMILES string of the molecule is CCCCC(Cc1ccc2cc(O)ccc2c1)c1ccc(C(=O)NCCC)cc1.CCOCO.c1ccccc1. The molecular weight excluding hydrogens is 498 g/mol. The van der Waals surface area contributed by atoms with Crippen molar-refractivity contribution in [1.82, 2.24) is 5.32 Å². The largest absolute Gasteiger partial charge is 0.508 e. The first-order valence-corrected chi connectivity index (χ1v) is 14.3. The van der Waals surface area contributed by atoms with Crippen molar-refractivity contribution in [2.24, 2.45) is 0 Å². The number of phenolic OH excluding ortho intramolecular Hbond substituents is 1. The number of fused-ring (bicyclic) bond motifs is 1. The Morgan fingerprint density at radius 2 is 1.45 bits per heavy atom. The highest BCUT2D eigenvalue weighted by molar-refractivity contribution is 5.94. The molecule has 4 rings (SSSR count). The van der Waals surface area contributed by atoms with Crippen LogP contribution < -0.4 is 5.32 Å². The number of benzene rings is 4. The molecule has 0 bridgehead atoms. The summed E-state index contributed by atoms with van der Waals surface area (Å²) < 4.78 is 4.39. The van der Waals surface area contributed by atoms with Crippen molar-refractivity contribution in [3.63, 3.8) is 0 Å². The quantitative estimate of drug-likeness (QED) is 0.168. The average molecular weight is 544 g/mol. The fourth-order valence-electron chi connectivity index (χ4n) is 4.25. The average Bonchev–Trinajstić information content (AvgIpc) is 3.00. The van der Waals surface area contributed by atoms with Crippen LogP contribution in [0.15, 0.2) is 97.1 Å². The van der Waals surface area contributed by atoms with Crippen LogP contribution in [0.25, 0.3) is 10.8 Å². The van der Waals surface area contributed by atoms with Crippen molar-refractivity contribution in [3.05, 3.63) is 114 Å². The molecule has 0 aliphatic heterocycles. The minimum absolute atomic E-state index is 0.00119. The second-order valence-electron chi connectivity index (χ2n) is 9.56. The summed E-state index contributed by atoms with van der Waals surface area (Å²) >= 11 is 0. The van der Waals surface area contributed by atoms with Gasteiger partial charge in [-0.25, -0.2) is 0 Å². The van der Waals surface area contributed by atoms with Crippen molar-refractivity contribution in [3.8, 4) is 5.75 Å². The van der Waals surface area contributed by atoms with Gasteiger partial charge in [0.2, 0.25) is 0 Å². The number of ether oxygens (including phenoxy) is 1. The van der Waals surface area contributed by atoms with Gasteiger partial charge in [-0.05, 0) is 78.3 Å². The number of unbranched alkanes of at least 4 members (excludes halogenated alkanes) is 1. The lowest BCUT2D eigenvalue weighted by molar-refractivity contribution is 0.00539. The molecule has 5 nitrogen and oxygen atoms in total. The topological polar surface area (TPSA) is 78.8 Å². The third-order valence-electron chi connectivity index (χ3n) is 6.42. The normalized spacial score (nSPS) is 11.0. The van der Waals surface area contributed by atoms with E-state index in [1.165, 1.54) is 24.0 Å². The zero-order chi connectivity index (χ0) is 29.0. The van der Waals surface area contributed by atoms with Gasteiger partial charge >= 0.3 is 0 Å². The van der Waals surface area contributed by atoms with Crippen molar-refractivity contribution in [1.29, 1.82) is 0 Å². The summed E-state index contributed by atoms with van der Waals surface area (Å²) in [5, 5.41) is 22.7. The molecule has 0 aromatic heterocycles. The molecule has 0 heterocycles. The van der Waals surface area contributed by atoms with Crippen molar-refractivity contribution in [2.45, 2.75) is 58.8 Å². The molecule has 0 fully saturated rings. The minimum atomic E-state index is -0.156. The number of amides is 1. The Labute approximate surface area is 239 Å². The zero-order valence-corrected chi connectivity index (χ0v) is 24.2. The van der Waals surface area contributed by atoms with Crippen molar-refractivity contribution in [2.75, 3.05) is 19.9 Å². The van der Waals surface area contributed by atoms with Gasteiger partial charge in [-0.15, -0.1) is 0 Å². The standard InChI is InChI=1S/C26H31NO2.C6H6.C3H8O2/c1-3-5-6-22(20-9-11-21(12-10-20)26(29)27-15-4-2)16-19-7-8-24-18-25(28)14-13-23(24)17-19;1-2-4-6-5-3-1;1-2-5-3-4/h7-14,17-18,22,28H,3-6,15-16H2,1-2H3,(H,27,29);1-6H;4H,2-3H2,1H3. The van der Waals surface area contributed by atoms with Gasteiger partial charge in [0.1, 0.15) is 12.5 Å². The first-order valence-electron chi connectivity index (χ1n) is 14.3. The molecule has 0 aliphatic carbocycles. The van der Waals surface area contributed by atoms with Crippen LogP contribution in [0.2, 0.25) is 0 Å². The third kappa shape index (κ3) is 12.0. The van der Waals surface area contributed by atoms with Gasteiger partial charge in [0.15, 0.2) is 0 Å². The molecule has 0 radical (unpaired) electrons. The molecule has 4 aromatic carbocycles. The van der Waals surface area contributed by atoms with Crippen LogP contribution >= 0.6 is 0 Å². The number of aliphatic hydroxyl groups excluding tert-OH is 1. The van der Waals surface area contributed by atoms with Crippen LogP contribution in [0.3, 0.4) is 0 Å². The molecule has 1 amide bonds. The minimum Gasteiger partial charge on any atom is -0.508 e. The maximum Gasteiger partial charge on any atom is 0.251 e. The van der Waals surface area contributed by atoms with Crippen LogP contribution in [-0.2, 0) is 11.2 Å². The second kappa shape index (κ2) is 19.4. The van der Waals surface area contributed by atoms with E-state index in [0.717, 1.165) is 35.6 Å². The summed E-state index contributed by atoms with van der Waals surface area (Å²) in [5.41, 5.74) is 3.31. The van der Waals surface area contributed by atoms with Crippen LogP contribution in [0.4, 0.5) is 0 Å². The summed E-state index contributed by atoms with van der Waals surface area (Å²) in [4.78, 5) is 12.2. The molecule has 40 heavy (non-hydrogen) atoms. The van der Waals surface area contributed by atoms with E-state index < -0.39 is 0 Å². The number of phenols is 1. The fourth-order valence-corrected chi connectivity index (χ4v) is 4.25. The molecule has 4 aromatic rings. The van der Waals surface area contributed by atoms with Crippen molar-refractivity contribution >= 4 is 16.7 Å². The Hall–Kier alpha value is -3.67. The molecule has 0 saturated carbocycles. The number of aromatic hydroxyl groups is 1. The van der Waals surface area contributed by atoms with Crippen LogP contribution in [0, 0.1) is 0 Å². The number of rotatable bonds is 11. The number of aliphatic hydroxyl groups is 1. The van der Waals surface area contributed by atoms with Gasteiger partial charge in [0.25, 0.3) is 5.91 Å². The van der Waals surface area contributed by atoms with Gasteiger partial charge < -0.3 is 20.3 Å². The van der Waals surface area contributed by atoms with Crippen LogP contribution in [0.1, 0.15) is 73.9 Å². The lowest BCUT2D eigenvalue weighted by Crippen LogP contribution is -2.23. The van der Waals surface area contributed by atoms with E-state index in [9.17, 15) is 9.90 Å². The molecule has 1 unspecified atom stereocenters. The number of hydrogen-bond acceptors (Lipinski definition) is 4. The molecule has 0 saturated heterocycles. The maximum absolute atomic E-state index is 12.2. The van der Waals surface area contributed by atoms with E-state index in [0.29, 0.717) is 24.8 Å². The van der Waals surface area contributed by atoms with Crippen LogP contribution in [-0.4, -0.2) is 36.1 Å². The maximum atomic E-state index is 12.2. The number of nitrogens with one attached hydrogen (secondary N) is 1. The lowest BCUT2D eigenvalue weighted by Gasteiger charge is -2.18. The monoisotopic (exact) mass is 543 g/mol. The number of carbonyl (C=O) groups is 1. The molecule has 1 atom stereocenters. The van der Waals surface area contributed by atoms with E-state index in [-0.39, 0.29) is 12.7 Å². The summed E-state index contributed by atoms with van der Waals surface area (Å²) in [5.74, 6) is 0.729. The summed E-state index contributed by atoms with van der Waals surface area (Å²) in [6.07, 6.45) is 5.40. The zero-order valence-electron chi connectivity index (χ0n) is 24.2. The Morgan fingerprint density at radius 1 is 0.825 bits per heavy atom. The Kier molecular flexibility index (Phi) is 15.8. The van der Waals surface area contributed by atoms with E-state index >= 15 is 0 Å². The van der Waals surface area contributed by atoms with Gasteiger partial charge in [-0.3, -0.25) is 4.79 Å². The van der Waals surface area contributed by atoms with Crippen LogP contribution in [0.5, 0.6) is 5.75 Å². The predicted molar refractivity (Wildman–Crippen MR) is 166 cm³/mol. The molecular formula is C35H45NO4. The Bertz CT molecular complexity index is 1200. The number of carbonyl (C=O) groups excluding carboxylic acids is 1. The van der Waals surface area contributed by atoms with Gasteiger partial charge in [0.05, 0.1) is 0 Å². The predicted octanol–water partition coefficient (Wildman–Crippen LogP) is 7.86. The molecule has 3 N–H and O–H groups in total. The van der Waals surface area contributed by atoms with E-state index in [1.807, 2.05) is 61.5 Å². The fraction of sp³-hybridized carbons (Fsp3) is 0.343. The van der Waals surface area contributed by atoms with E-state index in [4.69, 9.17) is 5.11 Å². The molecule has 0 aliphatic rings. The second-order valence-corrected chi connectivity index (χ2v) is 9.56. The lowest BCUT2D eigenvalue weighted by atomic mass is 9.87.